The van der Waals surface area contributed by atoms with Crippen molar-refractivity contribution >= 4 is 40.6 Å². The maximum Gasteiger partial charge on any atom is 0.187 e. The summed E-state index contributed by atoms with van der Waals surface area (Å²) in [5, 5.41) is 0.944. The molecular weight excluding hydrogens is 110 g/mol. The Kier molecular flexibility index (Phi) is 19.9. The van der Waals surface area contributed by atoms with E-state index < -0.39 is 0 Å². The summed E-state index contributed by atoms with van der Waals surface area (Å²) >= 11 is 9.28. The molecule has 1 radical (unpaired) electrons. The number of hydrogen-bond donors (Lipinski definition) is 0. The quantitative estimate of drug-likeness (QED) is 0.400. The summed E-state index contributed by atoms with van der Waals surface area (Å²) in [7, 11) is 0. The van der Waals surface area contributed by atoms with Gasteiger partial charge in [-0.2, -0.15) is 0 Å². The van der Waals surface area contributed by atoms with Crippen molar-refractivity contribution in [2.75, 3.05) is 0 Å². The third-order valence-corrected chi connectivity index (χ3v) is 0. The Morgan fingerprint density at radius 3 is 1.25 bits per heavy atom. The molecule has 0 atom stereocenters. The molecule has 0 amide bonds. The van der Waals surface area contributed by atoms with Gasteiger partial charge in [-0.1, -0.05) is 0 Å². The number of halogens is 2. The SMILES string of the molecule is Cl[CH]Cl.[AlH3]. The maximum absolute atomic E-state index is 4.64. The summed E-state index contributed by atoms with van der Waals surface area (Å²) in [4.78, 5) is 0. The van der Waals surface area contributed by atoms with Gasteiger partial charge in [0.25, 0.3) is 0 Å². The summed E-state index contributed by atoms with van der Waals surface area (Å²) < 4.78 is 0. The highest BCUT2D eigenvalue weighted by Gasteiger charge is 1.44. The van der Waals surface area contributed by atoms with Crippen LogP contribution in [0.25, 0.3) is 0 Å². The molecule has 0 aromatic heterocycles. The first-order valence-electron chi connectivity index (χ1n) is 0.436. The third-order valence-electron chi connectivity index (χ3n) is 0. The lowest BCUT2D eigenvalue weighted by Crippen LogP contribution is -1.06. The molecule has 0 saturated heterocycles. The second-order valence-corrected chi connectivity index (χ2v) is 0.742. The van der Waals surface area contributed by atoms with E-state index >= 15 is 0 Å². The van der Waals surface area contributed by atoms with Crippen molar-refractivity contribution in [3.8, 4) is 0 Å². The van der Waals surface area contributed by atoms with Crippen LogP contribution in [0, 0.1) is 5.34 Å². The van der Waals surface area contributed by atoms with Gasteiger partial charge < -0.3 is 0 Å². The van der Waals surface area contributed by atoms with Gasteiger partial charge in [0.05, 0.1) is 0 Å². The number of rotatable bonds is 0. The van der Waals surface area contributed by atoms with E-state index in [1.807, 2.05) is 0 Å². The lowest BCUT2D eigenvalue weighted by Gasteiger charge is -1.40. The Morgan fingerprint density at radius 2 is 1.25 bits per heavy atom. The fourth-order valence-corrected chi connectivity index (χ4v) is 0. The molecule has 0 rings (SSSR count). The van der Waals surface area contributed by atoms with E-state index in [1.165, 1.54) is 0 Å². The van der Waals surface area contributed by atoms with E-state index in [0.717, 1.165) is 5.34 Å². The molecule has 3 heteroatoms. The Balaban J connectivity index is 0. The van der Waals surface area contributed by atoms with Crippen LogP contribution in [0.15, 0.2) is 0 Å². The largest absolute Gasteiger partial charge is 0.187 e. The van der Waals surface area contributed by atoms with Crippen molar-refractivity contribution in [1.82, 2.24) is 0 Å². The topological polar surface area (TPSA) is 0 Å². The van der Waals surface area contributed by atoms with Gasteiger partial charge in [-0.3, -0.25) is 0 Å². The van der Waals surface area contributed by atoms with Gasteiger partial charge in [-0.05, 0) is 0 Å². The van der Waals surface area contributed by atoms with Crippen molar-refractivity contribution in [3.05, 3.63) is 5.34 Å². The van der Waals surface area contributed by atoms with E-state index in [9.17, 15) is 0 Å². The van der Waals surface area contributed by atoms with Crippen LogP contribution in [0.2, 0.25) is 0 Å². The van der Waals surface area contributed by atoms with Crippen LogP contribution < -0.4 is 0 Å². The van der Waals surface area contributed by atoms with E-state index in [2.05, 4.69) is 23.2 Å². The van der Waals surface area contributed by atoms with Gasteiger partial charge in [0.2, 0.25) is 0 Å². The highest BCUT2D eigenvalue weighted by molar-refractivity contribution is 6.47. The summed E-state index contributed by atoms with van der Waals surface area (Å²) in [6.45, 7) is 0. The van der Waals surface area contributed by atoms with Gasteiger partial charge in [-0.15, -0.1) is 23.2 Å². The lowest BCUT2D eigenvalue weighted by atomic mass is 11.9. The molecule has 0 aromatic carbocycles. The average Bonchev–Trinajstić information content (AvgIpc) is 0.918. The first-order valence-corrected chi connectivity index (χ1v) is 1.31. The lowest BCUT2D eigenvalue weighted by molar-refractivity contribution is 2.62. The van der Waals surface area contributed by atoms with Crippen LogP contribution >= 0.6 is 23.2 Å². The Bertz CT molecular complexity index is 6.00. The molecule has 0 aliphatic heterocycles. The first kappa shape index (κ1) is 8.93. The molecule has 0 unspecified atom stereocenters. The molecule has 0 heterocycles. The van der Waals surface area contributed by atoms with Gasteiger partial charge in [0.15, 0.2) is 17.4 Å². The fraction of sp³-hybridized carbons (Fsp3) is 0. The highest BCUT2D eigenvalue weighted by Crippen LogP contribution is 1.83. The molecule has 0 nitrogen and oxygen atoms in total. The zero-order valence-electron chi connectivity index (χ0n) is 1.33. The molecule has 25 valence electrons. The molecule has 0 spiro atoms. The molecule has 0 N–H and O–H groups in total. The molecule has 0 bridgehead atoms. The van der Waals surface area contributed by atoms with Crippen LogP contribution in [-0.4, -0.2) is 17.4 Å². The number of hydrogen-bond acceptors (Lipinski definition) is 0. The van der Waals surface area contributed by atoms with Gasteiger partial charge in [-0.25, -0.2) is 0 Å². The van der Waals surface area contributed by atoms with Gasteiger partial charge >= 0.3 is 0 Å². The molecule has 0 aromatic rings. The Labute approximate surface area is 46.2 Å². The highest BCUT2D eigenvalue weighted by atomic mass is 35.5. The first-order chi connectivity index (χ1) is 1.41. The van der Waals surface area contributed by atoms with Crippen LogP contribution in [0.3, 0.4) is 0 Å². The molecule has 4 heavy (non-hydrogen) atoms. The summed E-state index contributed by atoms with van der Waals surface area (Å²) in [5.74, 6) is 0. The standard InChI is InChI=1S/CHCl2.Al.3H/c2-1-3;;;;/h1H;;;;. The van der Waals surface area contributed by atoms with Crippen LogP contribution in [0.1, 0.15) is 0 Å². The van der Waals surface area contributed by atoms with E-state index in [4.69, 9.17) is 0 Å². The molecule has 0 aliphatic rings. The molecule has 0 fully saturated rings. The van der Waals surface area contributed by atoms with Crippen molar-refractivity contribution in [3.63, 3.8) is 0 Å². The fourth-order valence-electron chi connectivity index (χ4n) is 0. The third kappa shape index (κ3) is 11.2. The minimum absolute atomic E-state index is 0. The summed E-state index contributed by atoms with van der Waals surface area (Å²) in [5.41, 5.74) is 0. The van der Waals surface area contributed by atoms with Crippen LogP contribution in [-0.2, 0) is 0 Å². The van der Waals surface area contributed by atoms with E-state index in [0.29, 0.717) is 0 Å². The van der Waals surface area contributed by atoms with Crippen LogP contribution in [0.5, 0.6) is 0 Å². The Hall–Kier alpha value is 1.11. The maximum atomic E-state index is 4.64. The summed E-state index contributed by atoms with van der Waals surface area (Å²) in [6.07, 6.45) is 0. The second kappa shape index (κ2) is 8.93. The van der Waals surface area contributed by atoms with Gasteiger partial charge in [0, 0.05) is 0 Å². The summed E-state index contributed by atoms with van der Waals surface area (Å²) in [6, 6.07) is 0. The van der Waals surface area contributed by atoms with Crippen molar-refractivity contribution in [2.24, 2.45) is 0 Å². The Morgan fingerprint density at radius 1 is 1.25 bits per heavy atom. The molecule has 0 aliphatic carbocycles. The zero-order chi connectivity index (χ0) is 2.71. The minimum atomic E-state index is 0. The zero-order valence-corrected chi connectivity index (χ0v) is 2.85. The van der Waals surface area contributed by atoms with Crippen molar-refractivity contribution < 1.29 is 0 Å². The van der Waals surface area contributed by atoms with Crippen molar-refractivity contribution in [1.29, 1.82) is 0 Å². The minimum Gasteiger partial charge on any atom is -0.102 e. The monoisotopic (exact) mass is 113 g/mol. The predicted molar refractivity (Wildman–Crippen MR) is 25.9 cm³/mol. The normalized spacial score (nSPS) is 4.50. The van der Waals surface area contributed by atoms with Gasteiger partial charge in [0.1, 0.15) is 5.34 Å². The molecule has 0 saturated carbocycles. The van der Waals surface area contributed by atoms with E-state index in [1.54, 1.807) is 0 Å². The van der Waals surface area contributed by atoms with E-state index in [-0.39, 0.29) is 17.4 Å². The van der Waals surface area contributed by atoms with Crippen LogP contribution in [0.4, 0.5) is 0 Å². The second-order valence-electron chi connectivity index (χ2n) is 0.0825. The smallest absolute Gasteiger partial charge is 0.102 e. The molecular formula is CH4AlCl2. The van der Waals surface area contributed by atoms with Crippen molar-refractivity contribution in [2.45, 2.75) is 0 Å². The average molecular weight is 114 g/mol. The predicted octanol–water partition coefficient (Wildman–Crippen LogP) is 0.399.